The summed E-state index contributed by atoms with van der Waals surface area (Å²) in [5.74, 6) is 0.735. The molecule has 0 saturated carbocycles. The molecule has 0 spiro atoms. The van der Waals surface area contributed by atoms with Gasteiger partial charge in [0.1, 0.15) is 5.75 Å². The van der Waals surface area contributed by atoms with E-state index in [1.54, 1.807) is 0 Å². The lowest BCUT2D eigenvalue weighted by Crippen LogP contribution is -2.24. The van der Waals surface area contributed by atoms with Gasteiger partial charge in [-0.25, -0.2) is 0 Å². The van der Waals surface area contributed by atoms with E-state index in [-0.39, 0.29) is 11.9 Å². The Balaban J connectivity index is 2.29. The standard InChI is InChI=1S/C22H26O2/c1-11-8-18(9-12(2)13(11)3)19-10-20(23)24-22-17(7)15(5)14(4)16(6)21(19)22/h8-9,19H,10H2,1-7H3/t19-/m1/s1. The normalized spacial score (nSPS) is 16.8. The van der Waals surface area contributed by atoms with Crippen molar-refractivity contribution in [2.45, 2.75) is 60.8 Å². The highest BCUT2D eigenvalue weighted by molar-refractivity contribution is 5.79. The Bertz CT molecular complexity index is 836. The van der Waals surface area contributed by atoms with Gasteiger partial charge in [0.2, 0.25) is 0 Å². The zero-order chi connectivity index (χ0) is 17.8. The lowest BCUT2D eigenvalue weighted by Gasteiger charge is -2.30. The number of esters is 1. The summed E-state index contributed by atoms with van der Waals surface area (Å²) >= 11 is 0. The Morgan fingerprint density at radius 3 is 1.92 bits per heavy atom. The average Bonchev–Trinajstić information content (AvgIpc) is 2.54. The van der Waals surface area contributed by atoms with Crippen molar-refractivity contribution >= 4 is 5.97 Å². The Kier molecular flexibility index (Phi) is 4.03. The van der Waals surface area contributed by atoms with E-state index >= 15 is 0 Å². The molecule has 2 aromatic rings. The van der Waals surface area contributed by atoms with Gasteiger partial charge in [-0.2, -0.15) is 0 Å². The van der Waals surface area contributed by atoms with Crippen LogP contribution in [-0.4, -0.2) is 5.97 Å². The molecular formula is C22H26O2. The van der Waals surface area contributed by atoms with Crippen LogP contribution in [0.15, 0.2) is 12.1 Å². The summed E-state index contributed by atoms with van der Waals surface area (Å²) in [5.41, 5.74) is 11.2. The molecule has 2 heteroatoms. The molecule has 2 aromatic carbocycles. The predicted molar refractivity (Wildman–Crippen MR) is 98.1 cm³/mol. The van der Waals surface area contributed by atoms with Gasteiger partial charge in [0.05, 0.1) is 6.42 Å². The van der Waals surface area contributed by atoms with Gasteiger partial charge in [-0.3, -0.25) is 4.79 Å². The maximum absolute atomic E-state index is 12.3. The topological polar surface area (TPSA) is 26.3 Å². The minimum Gasteiger partial charge on any atom is -0.426 e. The summed E-state index contributed by atoms with van der Waals surface area (Å²) < 4.78 is 5.68. The summed E-state index contributed by atoms with van der Waals surface area (Å²) in [6.07, 6.45) is 0.414. The van der Waals surface area contributed by atoms with E-state index in [1.807, 2.05) is 0 Å². The van der Waals surface area contributed by atoms with Crippen LogP contribution >= 0.6 is 0 Å². The molecule has 1 aliphatic rings. The van der Waals surface area contributed by atoms with Crippen molar-refractivity contribution in [3.05, 3.63) is 62.2 Å². The molecule has 0 saturated heterocycles. The van der Waals surface area contributed by atoms with E-state index in [4.69, 9.17) is 4.74 Å². The third kappa shape index (κ3) is 2.45. The van der Waals surface area contributed by atoms with E-state index in [0.717, 1.165) is 11.3 Å². The van der Waals surface area contributed by atoms with Crippen LogP contribution in [0.4, 0.5) is 0 Å². The average molecular weight is 322 g/mol. The largest absolute Gasteiger partial charge is 0.426 e. The van der Waals surface area contributed by atoms with Crippen molar-refractivity contribution in [1.29, 1.82) is 0 Å². The van der Waals surface area contributed by atoms with Crippen molar-refractivity contribution in [3.63, 3.8) is 0 Å². The first kappa shape index (κ1) is 16.8. The number of carbonyl (C=O) groups is 1. The Morgan fingerprint density at radius 2 is 1.33 bits per heavy atom. The molecule has 0 unspecified atom stereocenters. The molecule has 2 nitrogen and oxygen atoms in total. The van der Waals surface area contributed by atoms with Crippen LogP contribution in [-0.2, 0) is 4.79 Å². The number of aryl methyl sites for hydroxylation is 2. The van der Waals surface area contributed by atoms with Gasteiger partial charge in [-0.05, 0) is 93.0 Å². The summed E-state index contributed by atoms with van der Waals surface area (Å²) in [6.45, 7) is 14.9. The molecule has 0 amide bonds. The van der Waals surface area contributed by atoms with Gasteiger partial charge in [0.25, 0.3) is 0 Å². The van der Waals surface area contributed by atoms with Gasteiger partial charge >= 0.3 is 5.97 Å². The summed E-state index contributed by atoms with van der Waals surface area (Å²) in [4.78, 5) is 12.3. The molecule has 3 rings (SSSR count). The lowest BCUT2D eigenvalue weighted by atomic mass is 9.79. The fraction of sp³-hybridized carbons (Fsp3) is 0.409. The third-order valence-electron chi connectivity index (χ3n) is 5.96. The molecule has 24 heavy (non-hydrogen) atoms. The van der Waals surface area contributed by atoms with E-state index in [9.17, 15) is 4.79 Å². The number of fused-ring (bicyclic) bond motifs is 1. The smallest absolute Gasteiger partial charge is 0.312 e. The van der Waals surface area contributed by atoms with Gasteiger partial charge in [-0.1, -0.05) is 12.1 Å². The Labute approximate surface area is 144 Å². The van der Waals surface area contributed by atoms with Crippen molar-refractivity contribution < 1.29 is 9.53 Å². The van der Waals surface area contributed by atoms with Crippen molar-refractivity contribution in [2.75, 3.05) is 0 Å². The maximum atomic E-state index is 12.3. The number of rotatable bonds is 1. The second-order valence-electron chi connectivity index (χ2n) is 7.25. The van der Waals surface area contributed by atoms with Gasteiger partial charge in [0, 0.05) is 11.5 Å². The molecule has 1 heterocycles. The highest BCUT2D eigenvalue weighted by Crippen LogP contribution is 2.45. The number of benzene rings is 2. The fourth-order valence-electron chi connectivity index (χ4n) is 3.84. The lowest BCUT2D eigenvalue weighted by molar-refractivity contribution is -0.135. The van der Waals surface area contributed by atoms with Crippen molar-refractivity contribution in [3.8, 4) is 5.75 Å². The SMILES string of the molecule is Cc1cc([C@H]2CC(=O)Oc3c(C)c(C)c(C)c(C)c32)cc(C)c1C. The third-order valence-corrected chi connectivity index (χ3v) is 5.96. The molecule has 1 aliphatic heterocycles. The highest BCUT2D eigenvalue weighted by Gasteiger charge is 2.33. The number of ether oxygens (including phenoxy) is 1. The maximum Gasteiger partial charge on any atom is 0.312 e. The van der Waals surface area contributed by atoms with E-state index in [2.05, 4.69) is 60.6 Å². The van der Waals surface area contributed by atoms with Crippen LogP contribution < -0.4 is 4.74 Å². The molecular weight excluding hydrogens is 296 g/mol. The van der Waals surface area contributed by atoms with Crippen LogP contribution in [0.1, 0.15) is 62.4 Å². The van der Waals surface area contributed by atoms with Crippen LogP contribution in [0.5, 0.6) is 5.75 Å². The Hall–Kier alpha value is -2.09. The zero-order valence-corrected chi connectivity index (χ0v) is 15.8. The van der Waals surface area contributed by atoms with Crippen LogP contribution in [0, 0.1) is 48.5 Å². The number of hydrogen-bond acceptors (Lipinski definition) is 2. The van der Waals surface area contributed by atoms with Gasteiger partial charge in [0.15, 0.2) is 0 Å². The second kappa shape index (κ2) is 5.77. The molecule has 0 fully saturated rings. The predicted octanol–water partition coefficient (Wildman–Crippen LogP) is 5.29. The van der Waals surface area contributed by atoms with E-state index < -0.39 is 0 Å². The molecule has 1 atom stereocenters. The first-order valence-corrected chi connectivity index (χ1v) is 8.61. The molecule has 0 aromatic heterocycles. The highest BCUT2D eigenvalue weighted by atomic mass is 16.5. The van der Waals surface area contributed by atoms with Crippen LogP contribution in [0.2, 0.25) is 0 Å². The Morgan fingerprint density at radius 1 is 0.792 bits per heavy atom. The number of hydrogen-bond donors (Lipinski definition) is 0. The van der Waals surface area contributed by atoms with Gasteiger partial charge < -0.3 is 4.74 Å². The van der Waals surface area contributed by atoms with E-state index in [0.29, 0.717) is 6.42 Å². The van der Waals surface area contributed by atoms with E-state index in [1.165, 1.54) is 44.5 Å². The monoisotopic (exact) mass is 322 g/mol. The molecule has 0 N–H and O–H groups in total. The minimum atomic E-state index is -0.130. The van der Waals surface area contributed by atoms with Crippen molar-refractivity contribution in [2.24, 2.45) is 0 Å². The van der Waals surface area contributed by atoms with Gasteiger partial charge in [-0.15, -0.1) is 0 Å². The van der Waals surface area contributed by atoms with Crippen molar-refractivity contribution in [1.82, 2.24) is 0 Å². The quantitative estimate of drug-likeness (QED) is 0.527. The number of carbonyl (C=O) groups excluding carboxylic acids is 1. The summed E-state index contributed by atoms with van der Waals surface area (Å²) in [7, 11) is 0. The van der Waals surface area contributed by atoms with Crippen LogP contribution in [0.25, 0.3) is 0 Å². The second-order valence-corrected chi connectivity index (χ2v) is 7.25. The van der Waals surface area contributed by atoms with Crippen LogP contribution in [0.3, 0.4) is 0 Å². The fourth-order valence-corrected chi connectivity index (χ4v) is 3.84. The first-order valence-electron chi connectivity index (χ1n) is 8.61. The summed E-state index contributed by atoms with van der Waals surface area (Å²) in [6, 6.07) is 4.47. The molecule has 0 aliphatic carbocycles. The summed E-state index contributed by atoms with van der Waals surface area (Å²) in [5, 5.41) is 0. The molecule has 126 valence electrons. The molecule has 0 radical (unpaired) electrons. The minimum absolute atomic E-state index is 0.0808. The first-order chi connectivity index (χ1) is 11.2. The zero-order valence-electron chi connectivity index (χ0n) is 15.8. The molecule has 0 bridgehead atoms.